The molecule has 10 heteroatoms. The number of anilines is 1. The molecular formula is C21H18F3N3O4. The number of nitrogens with one attached hydrogen (secondary N) is 1. The number of nitrogens with zero attached hydrogens (tertiary/aromatic N) is 2. The molecule has 0 radical (unpaired) electrons. The van der Waals surface area contributed by atoms with Gasteiger partial charge in [0.15, 0.2) is 0 Å². The lowest BCUT2D eigenvalue weighted by atomic mass is 10.1. The highest BCUT2D eigenvalue weighted by molar-refractivity contribution is 5.92. The summed E-state index contributed by atoms with van der Waals surface area (Å²) in [6, 6.07) is 10.3. The zero-order valence-corrected chi connectivity index (χ0v) is 16.6. The van der Waals surface area contributed by atoms with Crippen LogP contribution in [0.3, 0.4) is 0 Å². The Morgan fingerprint density at radius 1 is 1.06 bits per heavy atom. The van der Waals surface area contributed by atoms with Crippen molar-refractivity contribution in [3.63, 3.8) is 0 Å². The van der Waals surface area contributed by atoms with Gasteiger partial charge in [0, 0.05) is 17.7 Å². The van der Waals surface area contributed by atoms with Crippen LogP contribution >= 0.6 is 0 Å². The number of ether oxygens (including phenoxy) is 2. The molecule has 31 heavy (non-hydrogen) atoms. The summed E-state index contributed by atoms with van der Waals surface area (Å²) in [5.41, 5.74) is -0.371. The van der Waals surface area contributed by atoms with Crippen molar-refractivity contribution in [2.24, 2.45) is 0 Å². The summed E-state index contributed by atoms with van der Waals surface area (Å²) in [6.45, 7) is -0.311. The molecule has 0 aliphatic carbocycles. The van der Waals surface area contributed by atoms with Gasteiger partial charge < -0.3 is 14.8 Å². The van der Waals surface area contributed by atoms with E-state index in [0.717, 1.165) is 22.8 Å². The SMILES string of the molecule is COc1ccc(NC(=O)Cn2cnc(-c3ccc(C(F)(F)F)cc3)cc2=O)c(OC)c1. The Balaban J connectivity index is 1.73. The Morgan fingerprint density at radius 3 is 2.35 bits per heavy atom. The van der Waals surface area contributed by atoms with Crippen LogP contribution in [0.5, 0.6) is 11.5 Å². The van der Waals surface area contributed by atoms with Gasteiger partial charge in [-0.1, -0.05) is 12.1 Å². The van der Waals surface area contributed by atoms with Crippen LogP contribution in [0.4, 0.5) is 18.9 Å². The van der Waals surface area contributed by atoms with Gasteiger partial charge in [0.2, 0.25) is 5.91 Å². The van der Waals surface area contributed by atoms with Crippen molar-refractivity contribution in [3.8, 4) is 22.8 Å². The Hall–Kier alpha value is -3.82. The lowest BCUT2D eigenvalue weighted by Gasteiger charge is -2.12. The normalized spacial score (nSPS) is 11.1. The standard InChI is InChI=1S/C21H18F3N3O4/c1-30-15-7-8-16(18(9-15)31-2)26-19(28)11-27-12-25-17(10-20(27)29)13-3-5-14(6-4-13)21(22,23)24/h3-10,12H,11H2,1-2H3,(H,26,28). The first-order valence-corrected chi connectivity index (χ1v) is 8.97. The van der Waals surface area contributed by atoms with Gasteiger partial charge in [-0.15, -0.1) is 0 Å². The molecule has 3 rings (SSSR count). The minimum Gasteiger partial charge on any atom is -0.497 e. The molecule has 0 saturated carbocycles. The number of hydrogen-bond acceptors (Lipinski definition) is 5. The molecule has 0 unspecified atom stereocenters. The zero-order valence-electron chi connectivity index (χ0n) is 16.6. The Morgan fingerprint density at radius 2 is 1.77 bits per heavy atom. The summed E-state index contributed by atoms with van der Waals surface area (Å²) in [7, 11) is 2.94. The van der Waals surface area contributed by atoms with Crippen LogP contribution in [-0.2, 0) is 17.5 Å². The maximum Gasteiger partial charge on any atom is 0.416 e. The van der Waals surface area contributed by atoms with Crippen molar-refractivity contribution in [1.82, 2.24) is 9.55 Å². The van der Waals surface area contributed by atoms with E-state index in [4.69, 9.17) is 9.47 Å². The molecule has 0 bridgehead atoms. The third-order valence-corrected chi connectivity index (χ3v) is 4.38. The van der Waals surface area contributed by atoms with Gasteiger partial charge in [0.1, 0.15) is 18.0 Å². The number of alkyl halides is 3. The van der Waals surface area contributed by atoms with Crippen molar-refractivity contribution < 1.29 is 27.4 Å². The molecule has 7 nitrogen and oxygen atoms in total. The second kappa shape index (κ2) is 8.90. The molecule has 0 aliphatic heterocycles. The predicted octanol–water partition coefficient (Wildman–Crippen LogP) is 3.59. The molecule has 3 aromatic rings. The number of carbonyl (C=O) groups excluding carboxylic acids is 1. The van der Waals surface area contributed by atoms with Crippen LogP contribution in [0.2, 0.25) is 0 Å². The van der Waals surface area contributed by atoms with Gasteiger partial charge in [0.05, 0.1) is 37.5 Å². The van der Waals surface area contributed by atoms with E-state index in [-0.39, 0.29) is 12.2 Å². The molecule has 1 heterocycles. The molecule has 0 saturated heterocycles. The third-order valence-electron chi connectivity index (χ3n) is 4.38. The summed E-state index contributed by atoms with van der Waals surface area (Å²) >= 11 is 0. The Kier molecular flexibility index (Phi) is 6.28. The first-order valence-electron chi connectivity index (χ1n) is 8.97. The van der Waals surface area contributed by atoms with Crippen LogP contribution < -0.4 is 20.3 Å². The highest BCUT2D eigenvalue weighted by atomic mass is 19.4. The summed E-state index contributed by atoms with van der Waals surface area (Å²) < 4.78 is 49.4. The number of hydrogen-bond donors (Lipinski definition) is 1. The summed E-state index contributed by atoms with van der Waals surface area (Å²) in [4.78, 5) is 28.8. The Labute approximate surface area is 175 Å². The smallest absolute Gasteiger partial charge is 0.416 e. The molecule has 1 amide bonds. The number of rotatable bonds is 6. The van der Waals surface area contributed by atoms with E-state index in [1.54, 1.807) is 18.2 Å². The molecule has 0 aliphatic rings. The average molecular weight is 433 g/mol. The number of carbonyl (C=O) groups is 1. The maximum atomic E-state index is 12.7. The summed E-state index contributed by atoms with van der Waals surface area (Å²) in [5.74, 6) is 0.444. The fourth-order valence-electron chi connectivity index (χ4n) is 2.78. The van der Waals surface area contributed by atoms with Crippen LogP contribution in [0.1, 0.15) is 5.56 Å². The van der Waals surface area contributed by atoms with E-state index in [0.29, 0.717) is 22.7 Å². The van der Waals surface area contributed by atoms with Crippen LogP contribution in [0, 0.1) is 0 Å². The maximum absolute atomic E-state index is 12.7. The van der Waals surface area contributed by atoms with Gasteiger partial charge >= 0.3 is 6.18 Å². The van der Waals surface area contributed by atoms with E-state index < -0.39 is 23.2 Å². The highest BCUT2D eigenvalue weighted by Gasteiger charge is 2.30. The second-order valence-electron chi connectivity index (χ2n) is 6.43. The number of benzene rings is 2. The van der Waals surface area contributed by atoms with Crippen molar-refractivity contribution in [2.75, 3.05) is 19.5 Å². The quantitative estimate of drug-likeness (QED) is 0.643. The van der Waals surface area contributed by atoms with Gasteiger partial charge in [0.25, 0.3) is 5.56 Å². The molecular weight excluding hydrogens is 415 g/mol. The van der Waals surface area contributed by atoms with Crippen molar-refractivity contribution in [1.29, 1.82) is 0 Å². The minimum atomic E-state index is -4.45. The molecule has 0 atom stereocenters. The molecule has 1 aromatic heterocycles. The van der Waals surface area contributed by atoms with Gasteiger partial charge in [-0.25, -0.2) is 4.98 Å². The van der Waals surface area contributed by atoms with E-state index in [9.17, 15) is 22.8 Å². The van der Waals surface area contributed by atoms with Crippen LogP contribution in [0.15, 0.2) is 59.7 Å². The van der Waals surface area contributed by atoms with Gasteiger partial charge in [-0.3, -0.25) is 14.2 Å². The van der Waals surface area contributed by atoms with Crippen molar-refractivity contribution >= 4 is 11.6 Å². The number of halogens is 3. The molecule has 0 fully saturated rings. The Bertz CT molecular complexity index is 1140. The summed E-state index contributed by atoms with van der Waals surface area (Å²) in [5, 5.41) is 2.64. The lowest BCUT2D eigenvalue weighted by molar-refractivity contribution is -0.137. The predicted molar refractivity (Wildman–Crippen MR) is 107 cm³/mol. The first kappa shape index (κ1) is 21.9. The van der Waals surface area contributed by atoms with Crippen LogP contribution in [-0.4, -0.2) is 29.7 Å². The highest BCUT2D eigenvalue weighted by Crippen LogP contribution is 2.30. The molecule has 162 valence electrons. The van der Waals surface area contributed by atoms with E-state index in [1.165, 1.54) is 32.7 Å². The third kappa shape index (κ3) is 5.21. The number of methoxy groups -OCH3 is 2. The topological polar surface area (TPSA) is 82.5 Å². The van der Waals surface area contributed by atoms with Crippen molar-refractivity contribution in [2.45, 2.75) is 12.7 Å². The lowest BCUT2D eigenvalue weighted by Crippen LogP contribution is -2.27. The average Bonchev–Trinajstić information content (AvgIpc) is 2.75. The zero-order chi connectivity index (χ0) is 22.6. The molecule has 0 spiro atoms. The van der Waals surface area contributed by atoms with Crippen LogP contribution in [0.25, 0.3) is 11.3 Å². The largest absolute Gasteiger partial charge is 0.497 e. The molecule has 1 N–H and O–H groups in total. The fraction of sp³-hybridized carbons (Fsp3) is 0.190. The molecule has 2 aromatic carbocycles. The monoisotopic (exact) mass is 433 g/mol. The summed E-state index contributed by atoms with van der Waals surface area (Å²) in [6.07, 6.45) is -3.28. The van der Waals surface area contributed by atoms with E-state index >= 15 is 0 Å². The van der Waals surface area contributed by atoms with E-state index in [2.05, 4.69) is 10.3 Å². The fourth-order valence-corrected chi connectivity index (χ4v) is 2.78. The number of aromatic nitrogens is 2. The number of amides is 1. The first-order chi connectivity index (χ1) is 14.7. The van der Waals surface area contributed by atoms with Gasteiger partial charge in [-0.05, 0) is 24.3 Å². The minimum absolute atomic E-state index is 0.201. The van der Waals surface area contributed by atoms with Crippen molar-refractivity contribution in [3.05, 3.63) is 70.8 Å². The second-order valence-corrected chi connectivity index (χ2v) is 6.43. The van der Waals surface area contributed by atoms with Gasteiger partial charge in [-0.2, -0.15) is 13.2 Å². The van der Waals surface area contributed by atoms with E-state index in [1.807, 2.05) is 0 Å².